The summed E-state index contributed by atoms with van der Waals surface area (Å²) >= 11 is 0. The van der Waals surface area contributed by atoms with Crippen LogP contribution >= 0.6 is 0 Å². The van der Waals surface area contributed by atoms with Crippen LogP contribution in [0.4, 0.5) is 5.69 Å². The Morgan fingerprint density at radius 3 is 2.47 bits per heavy atom. The van der Waals surface area contributed by atoms with Crippen molar-refractivity contribution in [2.75, 3.05) is 6.61 Å². The molecule has 0 aromatic heterocycles. The summed E-state index contributed by atoms with van der Waals surface area (Å²) in [6.45, 7) is -0.826. The second kappa shape index (κ2) is 5.92. The first-order chi connectivity index (χ1) is 8.04. The van der Waals surface area contributed by atoms with E-state index in [4.69, 9.17) is 10.2 Å². The first kappa shape index (κ1) is 13.1. The van der Waals surface area contributed by atoms with Gasteiger partial charge in [0, 0.05) is 12.1 Å². The van der Waals surface area contributed by atoms with Gasteiger partial charge in [-0.15, -0.1) is 0 Å². The van der Waals surface area contributed by atoms with Crippen molar-refractivity contribution in [1.82, 2.24) is 0 Å². The fourth-order valence-corrected chi connectivity index (χ4v) is 1.04. The molecular weight excluding hydrogens is 230 g/mol. The maximum absolute atomic E-state index is 11.0. The normalized spacial score (nSPS) is 11.9. The van der Waals surface area contributed by atoms with Crippen LogP contribution in [0, 0.1) is 10.1 Å². The zero-order chi connectivity index (χ0) is 12.8. The van der Waals surface area contributed by atoms with E-state index < -0.39 is 23.6 Å². The zero-order valence-corrected chi connectivity index (χ0v) is 8.78. The summed E-state index contributed by atoms with van der Waals surface area (Å²) in [6.07, 6.45) is -1.56. The van der Waals surface area contributed by atoms with Crippen molar-refractivity contribution in [3.05, 3.63) is 39.9 Å². The predicted molar refractivity (Wildman–Crippen MR) is 56.0 cm³/mol. The first-order valence-corrected chi connectivity index (χ1v) is 4.73. The standard InChI is InChI=1S/C10H11NO6/c12-5-9(13)10(14)17-6-7-1-3-8(4-2-7)11(15)16/h1-4,9,12-13H,5-6H2. The lowest BCUT2D eigenvalue weighted by atomic mass is 10.2. The van der Waals surface area contributed by atoms with Crippen LogP contribution in [-0.4, -0.2) is 33.8 Å². The van der Waals surface area contributed by atoms with Crippen molar-refractivity contribution in [3.63, 3.8) is 0 Å². The number of nitrogens with zero attached hydrogens (tertiary/aromatic N) is 1. The number of ether oxygens (including phenoxy) is 1. The molecule has 1 rings (SSSR count). The lowest BCUT2D eigenvalue weighted by Crippen LogP contribution is -2.26. The Bertz CT molecular complexity index is 402. The number of nitro benzene ring substituents is 1. The molecule has 0 saturated carbocycles. The topological polar surface area (TPSA) is 110 Å². The lowest BCUT2D eigenvalue weighted by Gasteiger charge is -2.07. The molecule has 0 amide bonds. The smallest absolute Gasteiger partial charge is 0.337 e. The van der Waals surface area contributed by atoms with Gasteiger partial charge in [0.05, 0.1) is 11.5 Å². The van der Waals surface area contributed by atoms with Crippen LogP contribution in [0.5, 0.6) is 0 Å². The van der Waals surface area contributed by atoms with Gasteiger partial charge in [0.15, 0.2) is 6.10 Å². The highest BCUT2D eigenvalue weighted by Crippen LogP contribution is 2.12. The van der Waals surface area contributed by atoms with Crippen molar-refractivity contribution in [2.45, 2.75) is 12.7 Å². The van der Waals surface area contributed by atoms with Crippen molar-refractivity contribution < 1.29 is 24.7 Å². The van der Waals surface area contributed by atoms with Crippen LogP contribution in [0.25, 0.3) is 0 Å². The molecule has 0 spiro atoms. The molecule has 0 heterocycles. The number of nitro groups is 1. The average Bonchev–Trinajstić information content (AvgIpc) is 2.35. The van der Waals surface area contributed by atoms with E-state index in [-0.39, 0.29) is 12.3 Å². The van der Waals surface area contributed by atoms with Crippen molar-refractivity contribution in [3.8, 4) is 0 Å². The number of non-ortho nitro benzene ring substituents is 1. The Labute approximate surface area is 96.4 Å². The molecule has 1 atom stereocenters. The number of benzene rings is 1. The lowest BCUT2D eigenvalue weighted by molar-refractivity contribution is -0.384. The van der Waals surface area contributed by atoms with Crippen LogP contribution in [0.1, 0.15) is 5.56 Å². The number of aliphatic hydroxyl groups excluding tert-OH is 2. The highest BCUT2D eigenvalue weighted by atomic mass is 16.6. The van der Waals surface area contributed by atoms with E-state index in [1.807, 2.05) is 0 Å². The fourth-order valence-electron chi connectivity index (χ4n) is 1.04. The summed E-state index contributed by atoms with van der Waals surface area (Å²) < 4.78 is 4.66. The van der Waals surface area contributed by atoms with Crippen LogP contribution < -0.4 is 0 Å². The summed E-state index contributed by atoms with van der Waals surface area (Å²) in [6, 6.07) is 5.45. The monoisotopic (exact) mass is 241 g/mol. The molecule has 7 nitrogen and oxygen atoms in total. The van der Waals surface area contributed by atoms with Gasteiger partial charge in [-0.2, -0.15) is 0 Å². The molecule has 92 valence electrons. The Morgan fingerprint density at radius 1 is 1.41 bits per heavy atom. The molecule has 0 saturated heterocycles. The second-order valence-electron chi connectivity index (χ2n) is 3.23. The van der Waals surface area contributed by atoms with E-state index in [9.17, 15) is 14.9 Å². The third-order valence-corrected chi connectivity index (χ3v) is 1.97. The van der Waals surface area contributed by atoms with Crippen molar-refractivity contribution in [2.24, 2.45) is 0 Å². The molecule has 1 unspecified atom stereocenters. The van der Waals surface area contributed by atoms with E-state index in [0.717, 1.165) is 0 Å². The average molecular weight is 241 g/mol. The molecule has 0 aliphatic carbocycles. The molecule has 0 radical (unpaired) electrons. The van der Waals surface area contributed by atoms with Gasteiger partial charge in [0.1, 0.15) is 6.61 Å². The van der Waals surface area contributed by atoms with Crippen LogP contribution in [0.2, 0.25) is 0 Å². The minimum absolute atomic E-state index is 0.0598. The molecule has 0 aliphatic heterocycles. The summed E-state index contributed by atoms with van der Waals surface area (Å²) in [5.41, 5.74) is 0.490. The molecular formula is C10H11NO6. The SMILES string of the molecule is O=C(OCc1ccc([N+](=O)[O-])cc1)C(O)CO. The molecule has 2 N–H and O–H groups in total. The molecule has 1 aromatic carbocycles. The summed E-state index contributed by atoms with van der Waals surface area (Å²) in [7, 11) is 0. The third-order valence-electron chi connectivity index (χ3n) is 1.97. The van der Waals surface area contributed by atoms with Crippen molar-refractivity contribution >= 4 is 11.7 Å². The number of carbonyl (C=O) groups excluding carboxylic acids is 1. The third kappa shape index (κ3) is 3.82. The molecule has 17 heavy (non-hydrogen) atoms. The van der Waals surface area contributed by atoms with Gasteiger partial charge in [-0.05, 0) is 17.7 Å². The van der Waals surface area contributed by atoms with Gasteiger partial charge >= 0.3 is 5.97 Å². The van der Waals surface area contributed by atoms with Gasteiger partial charge in [-0.25, -0.2) is 4.79 Å². The number of rotatable bonds is 5. The Hall–Kier alpha value is -1.99. The number of hydrogen-bond acceptors (Lipinski definition) is 6. The summed E-state index contributed by atoms with van der Waals surface area (Å²) in [5.74, 6) is -0.939. The van der Waals surface area contributed by atoms with Gasteiger partial charge < -0.3 is 14.9 Å². The minimum atomic E-state index is -1.56. The number of carbonyl (C=O) groups is 1. The molecule has 0 aliphatic rings. The molecule has 0 bridgehead atoms. The highest BCUT2D eigenvalue weighted by molar-refractivity contribution is 5.74. The Kier molecular flexibility index (Phi) is 4.56. The number of esters is 1. The summed E-state index contributed by atoms with van der Waals surface area (Å²) in [4.78, 5) is 20.8. The van der Waals surface area contributed by atoms with E-state index in [0.29, 0.717) is 5.56 Å². The van der Waals surface area contributed by atoms with Crippen LogP contribution in [-0.2, 0) is 16.1 Å². The maximum Gasteiger partial charge on any atom is 0.337 e. The number of hydrogen-bond donors (Lipinski definition) is 2. The highest BCUT2D eigenvalue weighted by Gasteiger charge is 2.15. The fraction of sp³-hybridized carbons (Fsp3) is 0.300. The molecule has 7 heteroatoms. The van der Waals surface area contributed by atoms with Crippen LogP contribution in [0.3, 0.4) is 0 Å². The quantitative estimate of drug-likeness (QED) is 0.426. The molecule has 0 fully saturated rings. The van der Waals surface area contributed by atoms with Gasteiger partial charge in [0.25, 0.3) is 5.69 Å². The first-order valence-electron chi connectivity index (χ1n) is 4.73. The second-order valence-corrected chi connectivity index (χ2v) is 3.23. The molecule has 1 aromatic rings. The maximum atomic E-state index is 11.0. The van der Waals surface area contributed by atoms with Crippen LogP contribution in [0.15, 0.2) is 24.3 Å². The number of aliphatic hydroxyl groups is 2. The zero-order valence-electron chi connectivity index (χ0n) is 8.78. The minimum Gasteiger partial charge on any atom is -0.459 e. The van der Waals surface area contributed by atoms with Gasteiger partial charge in [0.2, 0.25) is 0 Å². The Balaban J connectivity index is 2.53. The van der Waals surface area contributed by atoms with E-state index in [1.54, 1.807) is 0 Å². The van der Waals surface area contributed by atoms with Gasteiger partial charge in [-0.1, -0.05) is 0 Å². The predicted octanol–water partition coefficient (Wildman–Crippen LogP) is -0.00880. The van der Waals surface area contributed by atoms with E-state index >= 15 is 0 Å². The largest absolute Gasteiger partial charge is 0.459 e. The van der Waals surface area contributed by atoms with Crippen molar-refractivity contribution in [1.29, 1.82) is 0 Å². The van der Waals surface area contributed by atoms with E-state index in [2.05, 4.69) is 4.74 Å². The summed E-state index contributed by atoms with van der Waals surface area (Å²) in [5, 5.41) is 27.7. The van der Waals surface area contributed by atoms with E-state index in [1.165, 1.54) is 24.3 Å². The Morgan fingerprint density at radius 2 is 2.00 bits per heavy atom. The van der Waals surface area contributed by atoms with Gasteiger partial charge in [-0.3, -0.25) is 10.1 Å².